The van der Waals surface area contributed by atoms with E-state index in [0.717, 1.165) is 87.2 Å². The van der Waals surface area contributed by atoms with Crippen molar-refractivity contribution in [3.05, 3.63) is 244 Å². The van der Waals surface area contributed by atoms with E-state index < -0.39 is 0 Å². The van der Waals surface area contributed by atoms with E-state index in [2.05, 4.69) is 180 Å². The Morgan fingerprint density at radius 3 is 0.932 bits per heavy atom. The predicted molar refractivity (Wildman–Crippen MR) is 284 cm³/mol. The normalized spacial score (nSPS) is 11.7. The molecule has 0 fully saturated rings. The quantitative estimate of drug-likeness (QED) is 0.128. The number of para-hydroxylation sites is 8. The summed E-state index contributed by atoms with van der Waals surface area (Å²) >= 11 is 0. The Balaban J connectivity index is 0.00000493. The van der Waals surface area contributed by atoms with Gasteiger partial charge in [-0.25, -0.2) is 19.9 Å². The molecule has 7 heterocycles. The van der Waals surface area contributed by atoms with Gasteiger partial charge in [0.05, 0.1) is 33.1 Å². The molecule has 0 atom stereocenters. The van der Waals surface area contributed by atoms with Gasteiger partial charge < -0.3 is 17.6 Å². The zero-order valence-corrected chi connectivity index (χ0v) is 40.8. The van der Waals surface area contributed by atoms with E-state index in [1.165, 1.54) is 0 Å². The van der Waals surface area contributed by atoms with E-state index in [0.29, 0.717) is 34.0 Å². The van der Waals surface area contributed by atoms with E-state index in [1.54, 1.807) is 0 Å². The largest absolute Gasteiger partial charge is 4.00 e. The summed E-state index contributed by atoms with van der Waals surface area (Å²) in [5.41, 5.74) is 9.98. The van der Waals surface area contributed by atoms with Crippen LogP contribution < -0.4 is 8.80 Å². The van der Waals surface area contributed by atoms with Crippen LogP contribution in [0.4, 0.5) is 0 Å². The maximum Gasteiger partial charge on any atom is 4.00 e. The van der Waals surface area contributed by atoms with E-state index in [-0.39, 0.29) is 21.1 Å². The van der Waals surface area contributed by atoms with Crippen molar-refractivity contribution >= 4 is 109 Å². The molecule has 0 aliphatic rings. The average Bonchev–Trinajstić information content (AvgIpc) is 4.27. The van der Waals surface area contributed by atoms with Crippen LogP contribution in [0.5, 0.6) is 0 Å². The monoisotopic (exact) mass is 1120 g/mol. The van der Waals surface area contributed by atoms with Gasteiger partial charge in [0, 0.05) is 57.4 Å². The third kappa shape index (κ3) is 6.75. The molecule has 0 spiro atoms. The molecule has 8 bridgehead atoms. The molecular weight excluding hydrogens is 1080 g/mol. The average molecular weight is 1120 g/mol. The molecule has 342 valence electrons. The van der Waals surface area contributed by atoms with Crippen molar-refractivity contribution in [2.75, 3.05) is 0 Å². The fourth-order valence-corrected chi connectivity index (χ4v) is 10.5. The molecule has 0 radical (unpaired) electrons. The number of rotatable bonds is 2. The molecule has 10 nitrogen and oxygen atoms in total. The summed E-state index contributed by atoms with van der Waals surface area (Å²) in [5.74, 6) is 1.02. The van der Waals surface area contributed by atoms with Gasteiger partial charge in [0.2, 0.25) is 11.9 Å². The van der Waals surface area contributed by atoms with Crippen LogP contribution in [0, 0.1) is 24.8 Å². The van der Waals surface area contributed by atoms with Crippen molar-refractivity contribution in [3.63, 3.8) is 0 Å². The third-order valence-electron chi connectivity index (χ3n) is 13.7. The minimum Gasteiger partial charge on any atom is -0.309 e. The number of imidazole rings is 2. The van der Waals surface area contributed by atoms with E-state index in [1.807, 2.05) is 90.9 Å². The number of fused-ring (bicyclic) bond motifs is 26. The molecule has 0 amide bonds. The van der Waals surface area contributed by atoms with Crippen LogP contribution in [-0.2, 0) is 21.1 Å². The minimum absolute atomic E-state index is 0. The van der Waals surface area contributed by atoms with E-state index in [9.17, 15) is 0 Å². The van der Waals surface area contributed by atoms with Crippen LogP contribution in [0.2, 0.25) is 0 Å². The number of nitrogens with zero attached hydrogens (tertiary/aromatic N) is 10. The summed E-state index contributed by atoms with van der Waals surface area (Å²) in [6.45, 7) is 0. The molecule has 0 saturated carbocycles. The Morgan fingerprint density at radius 2 is 0.575 bits per heavy atom. The fourth-order valence-electron chi connectivity index (χ4n) is 10.5. The first kappa shape index (κ1) is 42.5. The number of aromatic nitrogens is 10. The van der Waals surface area contributed by atoms with Crippen LogP contribution in [0.15, 0.2) is 219 Å². The Hall–Kier alpha value is -9.37. The summed E-state index contributed by atoms with van der Waals surface area (Å²) in [5, 5.41) is 7.76. The van der Waals surface area contributed by atoms with Crippen molar-refractivity contribution in [1.29, 1.82) is 0 Å². The molecular formula is C62H36N10Pt+2. The second-order valence-electron chi connectivity index (χ2n) is 17.8. The zero-order valence-electron chi connectivity index (χ0n) is 38.6. The Morgan fingerprint density at radius 1 is 0.301 bits per heavy atom. The fraction of sp³-hybridized carbons (Fsp3) is 0. The van der Waals surface area contributed by atoms with Crippen molar-refractivity contribution in [1.82, 2.24) is 37.9 Å². The molecule has 0 aliphatic carbocycles. The van der Waals surface area contributed by atoms with Gasteiger partial charge in [-0.3, -0.25) is 9.13 Å². The van der Waals surface area contributed by atoms with Crippen LogP contribution in [-0.4, -0.2) is 37.9 Å². The van der Waals surface area contributed by atoms with Crippen molar-refractivity contribution < 1.29 is 29.9 Å². The molecule has 0 N–H and O–H groups in total. The van der Waals surface area contributed by atoms with Crippen molar-refractivity contribution in [2.24, 2.45) is 0 Å². The first-order valence-electron chi connectivity index (χ1n) is 23.7. The summed E-state index contributed by atoms with van der Waals surface area (Å²) in [7, 11) is 0. The van der Waals surface area contributed by atoms with Crippen LogP contribution in [0.1, 0.15) is 0 Å². The van der Waals surface area contributed by atoms with Crippen LogP contribution in [0.25, 0.3) is 121 Å². The summed E-state index contributed by atoms with van der Waals surface area (Å²) in [6.07, 6.45) is 15.4. The Labute approximate surface area is 430 Å². The standard InChI is InChI=1S/C62H36N10.Pt/c1-2-18-42-41(17-1)49-37-51(65-61(63-49)71-55-27-11-3-19-43(55)44-20-4-12-28-56(44)71)47-23-7-9-25-53(47)67-33-35-69(39-67)59-31-15-16-32-60(59)70-36-34-68(40-70)54-26-10-8-24-48(54)52-38-50(42)64-62(66-52)72-57-29-13-5-21-45(57)46-22-6-14-30-58(46)72;/h1-36H;/q-2;+4. The van der Waals surface area contributed by atoms with E-state index >= 15 is 0 Å². The van der Waals surface area contributed by atoms with Crippen molar-refractivity contribution in [3.8, 4) is 11.9 Å². The molecule has 0 unspecified atom stereocenters. The molecule has 8 aromatic carbocycles. The smallest absolute Gasteiger partial charge is 0.309 e. The maximum absolute atomic E-state index is 5.50. The molecule has 7 aromatic heterocycles. The van der Waals surface area contributed by atoms with Gasteiger partial charge in [-0.05, 0) is 46.3 Å². The first-order valence-corrected chi connectivity index (χ1v) is 23.7. The topological polar surface area (TPSA) is 78.4 Å². The van der Waals surface area contributed by atoms with Gasteiger partial charge >= 0.3 is 21.1 Å². The predicted octanol–water partition coefficient (Wildman–Crippen LogP) is 12.1. The minimum atomic E-state index is 0. The number of hydrogen-bond acceptors (Lipinski definition) is 4. The molecule has 0 aliphatic heterocycles. The van der Waals surface area contributed by atoms with Gasteiger partial charge in [0.25, 0.3) is 12.7 Å². The van der Waals surface area contributed by atoms with Crippen molar-refractivity contribution in [2.45, 2.75) is 0 Å². The van der Waals surface area contributed by atoms with E-state index in [4.69, 9.17) is 19.9 Å². The van der Waals surface area contributed by atoms with Crippen LogP contribution in [0.3, 0.4) is 0 Å². The zero-order chi connectivity index (χ0) is 47.3. The van der Waals surface area contributed by atoms with Gasteiger partial charge in [-0.2, -0.15) is 0 Å². The number of benzene rings is 8. The van der Waals surface area contributed by atoms with Gasteiger partial charge in [-0.15, -0.1) is 47.2 Å². The maximum atomic E-state index is 5.50. The van der Waals surface area contributed by atoms with Gasteiger partial charge in [0.15, 0.2) is 0 Å². The molecule has 11 heteroatoms. The molecule has 15 rings (SSSR count). The second-order valence-corrected chi connectivity index (χ2v) is 17.8. The summed E-state index contributed by atoms with van der Waals surface area (Å²) in [6, 6.07) is 74.3. The molecule has 73 heavy (non-hydrogen) atoms. The second kappa shape index (κ2) is 16.9. The first-order chi connectivity index (χ1) is 35.7. The summed E-state index contributed by atoms with van der Waals surface area (Å²) in [4.78, 5) is 21.9. The Bertz CT molecular complexity index is 4550. The third-order valence-corrected chi connectivity index (χ3v) is 13.7. The van der Waals surface area contributed by atoms with Gasteiger partial charge in [-0.1, -0.05) is 156 Å². The van der Waals surface area contributed by atoms with Gasteiger partial charge in [0.1, 0.15) is 0 Å². The molecule has 15 aromatic rings. The SMILES string of the molecule is [Pt+4].[c-]1c2nc(-n3c4ccccc4c4ccccc43)nc1c1ccccc1[n+]1[c-]n(cc1)c1ccccc1n1[c-][n+](cc1)c1ccccc1c1[c-]c(nc(-n3c4ccccc4c4ccccc43)n1)c1ccccc21. The van der Waals surface area contributed by atoms with Crippen LogP contribution >= 0.6 is 0 Å². The Kier molecular flexibility index (Phi) is 9.84. The molecule has 0 saturated heterocycles. The summed E-state index contributed by atoms with van der Waals surface area (Å²) < 4.78 is 12.4. The number of hydrogen-bond donors (Lipinski definition) is 0.